The van der Waals surface area contributed by atoms with Crippen LogP contribution in [0, 0.1) is 0 Å². The van der Waals surface area contributed by atoms with Gasteiger partial charge in [0.25, 0.3) is 0 Å². The third-order valence-corrected chi connectivity index (χ3v) is 8.37. The Balaban J connectivity index is 2.25. The Kier molecular flexibility index (Phi) is 3.00. The SMILES string of the molecule is CC1=C[Si](c2ccccc2)(c2ccccc2)C=C1C. The molecule has 19 heavy (non-hydrogen) atoms. The van der Waals surface area contributed by atoms with Crippen LogP contribution in [0.15, 0.2) is 83.2 Å². The van der Waals surface area contributed by atoms with Gasteiger partial charge in [0.15, 0.2) is 8.07 Å². The van der Waals surface area contributed by atoms with Gasteiger partial charge < -0.3 is 0 Å². The smallest absolute Gasteiger partial charge is 0.0790 e. The van der Waals surface area contributed by atoms with Crippen LogP contribution in [0.1, 0.15) is 13.8 Å². The van der Waals surface area contributed by atoms with Crippen LogP contribution < -0.4 is 10.4 Å². The summed E-state index contributed by atoms with van der Waals surface area (Å²) in [6.07, 6.45) is 0. The number of hydrogen-bond acceptors (Lipinski definition) is 0. The molecule has 94 valence electrons. The van der Waals surface area contributed by atoms with Gasteiger partial charge >= 0.3 is 0 Å². The highest BCUT2D eigenvalue weighted by Gasteiger charge is 2.36. The second-order valence-electron chi connectivity index (χ2n) is 5.26. The lowest BCUT2D eigenvalue weighted by molar-refractivity contribution is 1.39. The molecule has 0 aliphatic carbocycles. The summed E-state index contributed by atoms with van der Waals surface area (Å²) in [7, 11) is -1.83. The van der Waals surface area contributed by atoms with Gasteiger partial charge in [0.1, 0.15) is 0 Å². The summed E-state index contributed by atoms with van der Waals surface area (Å²) in [6, 6.07) is 21.9. The number of benzene rings is 2. The van der Waals surface area contributed by atoms with E-state index in [1.54, 1.807) is 0 Å². The van der Waals surface area contributed by atoms with Crippen molar-refractivity contribution in [2.24, 2.45) is 0 Å². The van der Waals surface area contributed by atoms with Crippen molar-refractivity contribution in [1.29, 1.82) is 0 Å². The third-order valence-electron chi connectivity index (χ3n) is 4.01. The molecule has 2 aromatic rings. The van der Waals surface area contributed by atoms with E-state index < -0.39 is 8.07 Å². The van der Waals surface area contributed by atoms with Crippen LogP contribution in [0.2, 0.25) is 0 Å². The zero-order valence-corrected chi connectivity index (χ0v) is 12.4. The van der Waals surface area contributed by atoms with Gasteiger partial charge in [0.05, 0.1) is 0 Å². The van der Waals surface area contributed by atoms with E-state index in [1.165, 1.54) is 21.5 Å². The van der Waals surface area contributed by atoms with E-state index >= 15 is 0 Å². The summed E-state index contributed by atoms with van der Waals surface area (Å²) in [5, 5.41) is 2.94. The van der Waals surface area contributed by atoms with E-state index in [1.807, 2.05) is 0 Å². The Morgan fingerprint density at radius 1 is 0.579 bits per heavy atom. The second kappa shape index (κ2) is 4.67. The Bertz CT molecular complexity index is 576. The van der Waals surface area contributed by atoms with Crippen molar-refractivity contribution in [3.05, 3.63) is 83.2 Å². The van der Waals surface area contributed by atoms with E-state index in [-0.39, 0.29) is 0 Å². The predicted octanol–water partition coefficient (Wildman–Crippen LogP) is 3.23. The maximum absolute atomic E-state index is 2.52. The minimum Gasteiger partial charge on any atom is -0.0790 e. The number of hydrogen-bond donors (Lipinski definition) is 0. The van der Waals surface area contributed by atoms with E-state index in [0.29, 0.717) is 0 Å². The van der Waals surface area contributed by atoms with Gasteiger partial charge in [0, 0.05) is 0 Å². The van der Waals surface area contributed by atoms with Gasteiger partial charge in [-0.3, -0.25) is 0 Å². The standard InChI is InChI=1S/C18H18Si/c1-15-13-19(14-16(15)2,17-9-5-3-6-10-17)18-11-7-4-8-12-18/h3-14H,1-2H3. The molecule has 1 heterocycles. The van der Waals surface area contributed by atoms with Crippen molar-refractivity contribution < 1.29 is 0 Å². The van der Waals surface area contributed by atoms with Crippen molar-refractivity contribution in [2.45, 2.75) is 13.8 Å². The highest BCUT2D eigenvalue weighted by molar-refractivity contribution is 7.10. The Morgan fingerprint density at radius 3 is 1.32 bits per heavy atom. The maximum Gasteiger partial charge on any atom is 0.165 e. The van der Waals surface area contributed by atoms with Gasteiger partial charge in [0.2, 0.25) is 0 Å². The first kappa shape index (κ1) is 12.2. The van der Waals surface area contributed by atoms with Crippen molar-refractivity contribution in [2.75, 3.05) is 0 Å². The molecule has 0 aromatic heterocycles. The van der Waals surface area contributed by atoms with Gasteiger partial charge in [-0.25, -0.2) is 0 Å². The van der Waals surface area contributed by atoms with Crippen molar-refractivity contribution in [3.8, 4) is 0 Å². The molecule has 0 bridgehead atoms. The summed E-state index contributed by atoms with van der Waals surface area (Å²) in [5.41, 5.74) is 7.90. The van der Waals surface area contributed by atoms with Crippen LogP contribution in [-0.2, 0) is 0 Å². The fraction of sp³-hybridized carbons (Fsp3) is 0.111. The molecule has 0 fully saturated rings. The summed E-state index contributed by atoms with van der Waals surface area (Å²) in [6.45, 7) is 4.46. The zero-order valence-electron chi connectivity index (χ0n) is 11.4. The van der Waals surface area contributed by atoms with Gasteiger partial charge in [-0.15, -0.1) is 0 Å². The zero-order chi connectivity index (χ0) is 13.3. The largest absolute Gasteiger partial charge is 0.165 e. The molecule has 1 aliphatic rings. The topological polar surface area (TPSA) is 0 Å². The van der Waals surface area contributed by atoms with Crippen LogP contribution in [0.25, 0.3) is 0 Å². The number of allylic oxidation sites excluding steroid dienone is 2. The van der Waals surface area contributed by atoms with Crippen LogP contribution in [0.3, 0.4) is 0 Å². The maximum atomic E-state index is 2.52. The molecule has 0 unspecified atom stereocenters. The van der Waals surface area contributed by atoms with E-state index in [4.69, 9.17) is 0 Å². The first-order valence-corrected chi connectivity index (χ1v) is 8.88. The lowest BCUT2D eigenvalue weighted by Gasteiger charge is -2.24. The van der Waals surface area contributed by atoms with Crippen LogP contribution in [-0.4, -0.2) is 8.07 Å². The Hall–Kier alpha value is -1.86. The lowest BCUT2D eigenvalue weighted by Crippen LogP contribution is -2.55. The second-order valence-corrected chi connectivity index (χ2v) is 8.73. The molecular formula is C18H18Si. The number of rotatable bonds is 2. The molecule has 3 rings (SSSR count). The van der Waals surface area contributed by atoms with Gasteiger partial charge in [-0.1, -0.05) is 83.2 Å². The van der Waals surface area contributed by atoms with Crippen molar-refractivity contribution >= 4 is 18.4 Å². The average Bonchev–Trinajstić information content (AvgIpc) is 2.78. The molecule has 2 aromatic carbocycles. The first-order valence-electron chi connectivity index (χ1n) is 6.73. The molecule has 0 saturated heterocycles. The molecule has 1 aliphatic heterocycles. The first-order chi connectivity index (χ1) is 9.22. The highest BCUT2D eigenvalue weighted by Crippen LogP contribution is 2.25. The molecule has 0 saturated carbocycles. The summed E-state index contributed by atoms with van der Waals surface area (Å²) in [4.78, 5) is 0. The van der Waals surface area contributed by atoms with Crippen LogP contribution >= 0.6 is 0 Å². The van der Waals surface area contributed by atoms with Gasteiger partial charge in [-0.05, 0) is 24.2 Å². The molecule has 0 nitrogen and oxygen atoms in total. The minimum absolute atomic E-state index is 1.43. The molecule has 1 heteroatoms. The molecule has 0 atom stereocenters. The fourth-order valence-electron chi connectivity index (χ4n) is 2.88. The Morgan fingerprint density at radius 2 is 0.947 bits per heavy atom. The average molecular weight is 262 g/mol. The van der Waals surface area contributed by atoms with E-state index in [0.717, 1.165) is 0 Å². The van der Waals surface area contributed by atoms with E-state index in [9.17, 15) is 0 Å². The quantitative estimate of drug-likeness (QED) is 0.729. The monoisotopic (exact) mass is 262 g/mol. The summed E-state index contributed by atoms with van der Waals surface area (Å²) in [5.74, 6) is 0. The van der Waals surface area contributed by atoms with Crippen molar-refractivity contribution in [1.82, 2.24) is 0 Å². The molecule has 0 N–H and O–H groups in total. The van der Waals surface area contributed by atoms with Crippen LogP contribution in [0.5, 0.6) is 0 Å². The van der Waals surface area contributed by atoms with Gasteiger partial charge in [-0.2, -0.15) is 0 Å². The Labute approximate surface area is 116 Å². The van der Waals surface area contributed by atoms with Crippen molar-refractivity contribution in [3.63, 3.8) is 0 Å². The minimum atomic E-state index is -1.83. The molecular weight excluding hydrogens is 244 g/mol. The predicted molar refractivity (Wildman–Crippen MR) is 85.4 cm³/mol. The highest BCUT2D eigenvalue weighted by atomic mass is 28.3. The lowest BCUT2D eigenvalue weighted by atomic mass is 10.2. The third kappa shape index (κ3) is 2.00. The summed E-state index contributed by atoms with van der Waals surface area (Å²) < 4.78 is 0. The summed E-state index contributed by atoms with van der Waals surface area (Å²) >= 11 is 0. The molecule has 0 amide bonds. The normalized spacial score (nSPS) is 16.9. The molecule has 0 spiro atoms. The van der Waals surface area contributed by atoms with E-state index in [2.05, 4.69) is 85.9 Å². The molecule has 0 radical (unpaired) electrons. The van der Waals surface area contributed by atoms with Crippen LogP contribution in [0.4, 0.5) is 0 Å². The fourth-order valence-corrected chi connectivity index (χ4v) is 7.27.